The van der Waals surface area contributed by atoms with Gasteiger partial charge in [0.1, 0.15) is 17.4 Å². The van der Waals surface area contributed by atoms with Gasteiger partial charge in [0.05, 0.1) is 24.8 Å². The molecule has 0 spiro atoms. The molecule has 158 valence electrons. The van der Waals surface area contributed by atoms with Gasteiger partial charge in [-0.1, -0.05) is 24.3 Å². The molecular weight excluding hydrogens is 390 g/mol. The summed E-state index contributed by atoms with van der Waals surface area (Å²) in [4.78, 5) is 11.2. The Morgan fingerprint density at radius 3 is 2.74 bits per heavy atom. The van der Waals surface area contributed by atoms with Crippen molar-refractivity contribution in [2.45, 2.75) is 13.3 Å². The van der Waals surface area contributed by atoms with Crippen molar-refractivity contribution < 1.29 is 9.47 Å². The molecule has 1 fully saturated rings. The maximum absolute atomic E-state index is 9.40. The van der Waals surface area contributed by atoms with Crippen molar-refractivity contribution in [2.24, 2.45) is 5.73 Å². The third-order valence-corrected chi connectivity index (χ3v) is 5.13. The number of aromatic nitrogens is 2. The number of aryl methyl sites for hydroxylation is 1. The Bertz CT molecular complexity index is 1100. The Hall–Kier alpha value is -3.47. The number of nitrogens with two attached hydrogens (primary N) is 1. The third-order valence-electron chi connectivity index (χ3n) is 5.13. The summed E-state index contributed by atoms with van der Waals surface area (Å²) in [5.74, 6) is 2.47. The molecule has 0 atom stereocenters. The van der Waals surface area contributed by atoms with Crippen LogP contribution in [0.25, 0.3) is 11.1 Å². The van der Waals surface area contributed by atoms with E-state index in [9.17, 15) is 5.26 Å². The van der Waals surface area contributed by atoms with Crippen molar-refractivity contribution in [3.8, 4) is 28.8 Å². The van der Waals surface area contributed by atoms with Gasteiger partial charge >= 0.3 is 0 Å². The Labute approximate surface area is 182 Å². The molecule has 0 saturated carbocycles. The quantitative estimate of drug-likeness (QED) is 0.658. The van der Waals surface area contributed by atoms with Crippen LogP contribution in [0, 0.1) is 18.3 Å². The number of morpholine rings is 1. The first kappa shape index (κ1) is 20.8. The van der Waals surface area contributed by atoms with Crippen molar-refractivity contribution in [3.63, 3.8) is 0 Å². The molecule has 2 aromatic carbocycles. The fourth-order valence-electron chi connectivity index (χ4n) is 3.62. The first-order valence-electron chi connectivity index (χ1n) is 10.4. The van der Waals surface area contributed by atoms with E-state index < -0.39 is 0 Å². The van der Waals surface area contributed by atoms with Crippen molar-refractivity contribution in [3.05, 3.63) is 65.5 Å². The molecule has 1 aliphatic heterocycles. The first-order valence-corrected chi connectivity index (χ1v) is 10.4. The zero-order valence-electron chi connectivity index (χ0n) is 17.5. The summed E-state index contributed by atoms with van der Waals surface area (Å²) in [7, 11) is 0. The topological polar surface area (TPSA) is 97.3 Å². The predicted octanol–water partition coefficient (Wildman–Crippen LogP) is 3.45. The lowest BCUT2D eigenvalue weighted by Gasteiger charge is -2.28. The smallest absolute Gasteiger partial charge is 0.224 e. The number of hydrogen-bond acceptors (Lipinski definition) is 7. The van der Waals surface area contributed by atoms with Gasteiger partial charge in [-0.05, 0) is 49.2 Å². The number of rotatable bonds is 6. The van der Waals surface area contributed by atoms with Gasteiger partial charge in [-0.15, -0.1) is 0 Å². The molecule has 4 rings (SSSR count). The van der Waals surface area contributed by atoms with Crippen LogP contribution in [0.3, 0.4) is 0 Å². The van der Waals surface area contributed by atoms with E-state index in [0.29, 0.717) is 42.8 Å². The minimum absolute atomic E-state index is 0.448. The maximum Gasteiger partial charge on any atom is 0.224 e. The minimum atomic E-state index is 0.448. The summed E-state index contributed by atoms with van der Waals surface area (Å²) in [6, 6.07) is 17.7. The number of ether oxygens (including phenoxy) is 2. The highest BCUT2D eigenvalue weighted by Crippen LogP contribution is 2.35. The van der Waals surface area contributed by atoms with E-state index in [4.69, 9.17) is 15.2 Å². The molecule has 1 saturated heterocycles. The number of benzene rings is 2. The number of nitriles is 1. The van der Waals surface area contributed by atoms with Crippen LogP contribution in [-0.4, -0.2) is 42.8 Å². The van der Waals surface area contributed by atoms with E-state index in [1.807, 2.05) is 31.2 Å². The normalized spacial score (nSPS) is 13.6. The molecule has 0 aliphatic carbocycles. The summed E-state index contributed by atoms with van der Waals surface area (Å²) in [6.45, 7) is 5.34. The van der Waals surface area contributed by atoms with Gasteiger partial charge in [-0.2, -0.15) is 10.2 Å². The number of hydrogen-bond donors (Lipinski definition) is 1. The van der Waals surface area contributed by atoms with Crippen LogP contribution in [-0.2, 0) is 11.2 Å². The zero-order valence-corrected chi connectivity index (χ0v) is 17.5. The third kappa shape index (κ3) is 5.00. The van der Waals surface area contributed by atoms with Crippen molar-refractivity contribution >= 4 is 5.82 Å². The summed E-state index contributed by atoms with van der Waals surface area (Å²) >= 11 is 0. The molecule has 2 N–H and O–H groups in total. The van der Waals surface area contributed by atoms with Crippen molar-refractivity contribution in [1.82, 2.24) is 9.97 Å². The van der Waals surface area contributed by atoms with E-state index in [1.165, 1.54) is 0 Å². The molecule has 3 aromatic rings. The summed E-state index contributed by atoms with van der Waals surface area (Å²) in [5, 5.41) is 9.40. The SMILES string of the molecule is Cc1nc(Oc2cc(C#N)ccc2-c2cccc(CCN)c2)cc(N2CCOCC2)n1. The average molecular weight is 415 g/mol. The average Bonchev–Trinajstić information content (AvgIpc) is 2.79. The van der Waals surface area contributed by atoms with Crippen LogP contribution >= 0.6 is 0 Å². The van der Waals surface area contributed by atoms with Gasteiger partial charge in [0.15, 0.2) is 0 Å². The fraction of sp³-hybridized carbons (Fsp3) is 0.292. The second-order valence-corrected chi connectivity index (χ2v) is 7.37. The second-order valence-electron chi connectivity index (χ2n) is 7.37. The number of nitrogens with zero attached hydrogens (tertiary/aromatic N) is 4. The van der Waals surface area contributed by atoms with Crippen LogP contribution in [0.5, 0.6) is 11.6 Å². The van der Waals surface area contributed by atoms with Gasteiger partial charge in [0, 0.05) is 24.7 Å². The molecule has 7 nitrogen and oxygen atoms in total. The fourth-order valence-corrected chi connectivity index (χ4v) is 3.62. The Balaban J connectivity index is 1.70. The summed E-state index contributed by atoms with van der Waals surface area (Å²) in [5.41, 5.74) is 9.30. The summed E-state index contributed by atoms with van der Waals surface area (Å²) in [6.07, 6.45) is 0.800. The van der Waals surface area contributed by atoms with Crippen LogP contribution in [0.15, 0.2) is 48.5 Å². The highest BCUT2D eigenvalue weighted by atomic mass is 16.5. The highest BCUT2D eigenvalue weighted by molar-refractivity contribution is 5.72. The van der Waals surface area contributed by atoms with Gasteiger partial charge in [0.25, 0.3) is 0 Å². The molecular formula is C24H25N5O2. The first-order chi connectivity index (χ1) is 15.2. The Morgan fingerprint density at radius 2 is 1.97 bits per heavy atom. The number of anilines is 1. The molecule has 0 radical (unpaired) electrons. The molecule has 0 unspecified atom stereocenters. The molecule has 0 amide bonds. The van der Waals surface area contributed by atoms with E-state index in [2.05, 4.69) is 33.1 Å². The minimum Gasteiger partial charge on any atom is -0.438 e. The Kier molecular flexibility index (Phi) is 6.41. The van der Waals surface area contributed by atoms with E-state index >= 15 is 0 Å². The molecule has 31 heavy (non-hydrogen) atoms. The molecule has 1 aliphatic rings. The molecule has 1 aromatic heterocycles. The van der Waals surface area contributed by atoms with E-state index in [-0.39, 0.29) is 0 Å². The lowest BCUT2D eigenvalue weighted by atomic mass is 10.00. The predicted molar refractivity (Wildman–Crippen MR) is 119 cm³/mol. The molecule has 2 heterocycles. The van der Waals surface area contributed by atoms with Gasteiger partial charge < -0.3 is 20.1 Å². The van der Waals surface area contributed by atoms with Gasteiger partial charge in [0.2, 0.25) is 5.88 Å². The van der Waals surface area contributed by atoms with Crippen LogP contribution in [0.1, 0.15) is 17.0 Å². The lowest BCUT2D eigenvalue weighted by molar-refractivity contribution is 0.122. The highest BCUT2D eigenvalue weighted by Gasteiger charge is 2.16. The monoisotopic (exact) mass is 415 g/mol. The molecule has 0 bridgehead atoms. The molecule has 7 heteroatoms. The van der Waals surface area contributed by atoms with Crippen molar-refractivity contribution in [2.75, 3.05) is 37.7 Å². The van der Waals surface area contributed by atoms with Gasteiger partial charge in [-0.3, -0.25) is 0 Å². The largest absolute Gasteiger partial charge is 0.438 e. The maximum atomic E-state index is 9.40. The van der Waals surface area contributed by atoms with Crippen LogP contribution in [0.4, 0.5) is 5.82 Å². The van der Waals surface area contributed by atoms with Crippen LogP contribution < -0.4 is 15.4 Å². The van der Waals surface area contributed by atoms with Gasteiger partial charge in [-0.25, -0.2) is 4.98 Å². The standard InChI is InChI=1S/C24H25N5O2/c1-17-27-23(29-9-11-30-12-10-29)15-24(28-17)31-22-14-19(16-26)5-6-21(22)20-4-2-3-18(13-20)7-8-25/h2-6,13-15H,7-12,25H2,1H3. The summed E-state index contributed by atoms with van der Waals surface area (Å²) < 4.78 is 11.7. The van der Waals surface area contributed by atoms with E-state index in [0.717, 1.165) is 42.0 Å². The second kappa shape index (κ2) is 9.56. The van der Waals surface area contributed by atoms with Crippen LogP contribution in [0.2, 0.25) is 0 Å². The Morgan fingerprint density at radius 1 is 1.13 bits per heavy atom. The zero-order chi connectivity index (χ0) is 21.6. The lowest BCUT2D eigenvalue weighted by Crippen LogP contribution is -2.36. The van der Waals surface area contributed by atoms with E-state index in [1.54, 1.807) is 12.1 Å². The van der Waals surface area contributed by atoms with Crippen molar-refractivity contribution in [1.29, 1.82) is 5.26 Å².